The summed E-state index contributed by atoms with van der Waals surface area (Å²) >= 11 is 0. The molecule has 16 nitrogen and oxygen atoms in total. The van der Waals surface area contributed by atoms with Crippen LogP contribution in [0.5, 0.6) is 5.75 Å². The van der Waals surface area contributed by atoms with Crippen LogP contribution in [-0.4, -0.2) is 85.6 Å². The molecule has 0 spiro atoms. The number of carbonyl (C=O) groups excluding carboxylic acids is 4. The van der Waals surface area contributed by atoms with Gasteiger partial charge in [-0.3, -0.25) is 19.2 Å². The van der Waals surface area contributed by atoms with Gasteiger partial charge >= 0.3 is 0 Å². The number of hydrogen-bond donors (Lipinski definition) is 10. The van der Waals surface area contributed by atoms with Gasteiger partial charge in [-0.15, -0.1) is 4.91 Å². The quantitative estimate of drug-likeness (QED) is 0.142. The van der Waals surface area contributed by atoms with Crippen molar-refractivity contribution in [1.29, 1.82) is 0 Å². The summed E-state index contributed by atoms with van der Waals surface area (Å²) < 4.78 is 0. The van der Waals surface area contributed by atoms with Crippen LogP contribution in [-0.2, 0) is 32.0 Å². The summed E-state index contributed by atoms with van der Waals surface area (Å²) in [6.07, 6.45) is 2.28. The first-order valence-corrected chi connectivity index (χ1v) is 16.3. The first kappa shape index (κ1) is 42.5. The van der Waals surface area contributed by atoms with Crippen LogP contribution >= 0.6 is 0 Å². The monoisotopic (exact) mass is 686 g/mol. The number of hydrogen-bond acceptors (Lipinski definition) is 12. The summed E-state index contributed by atoms with van der Waals surface area (Å²) in [4.78, 5) is 63.4. The predicted octanol–water partition coefficient (Wildman–Crippen LogP) is -0.510. The number of nitrogens with one attached hydrogen (secondary N) is 4. The van der Waals surface area contributed by atoms with E-state index in [9.17, 15) is 29.2 Å². The normalized spacial score (nSPS) is 18.6. The molecule has 15 N–H and O–H groups in total. The molecule has 0 saturated heterocycles. The first-order valence-electron chi connectivity index (χ1n) is 16.3. The summed E-state index contributed by atoms with van der Waals surface area (Å²) in [6, 6.07) is 4.92. The molecule has 16 heteroatoms. The molecule has 3 rings (SSSR count). The highest BCUT2D eigenvalue weighted by Gasteiger charge is 2.29. The molecular weight excluding hydrogens is 632 g/mol. The number of nitrogens with zero attached hydrogens (tertiary/aromatic N) is 1. The second kappa shape index (κ2) is 22.2. The number of phenols is 1. The van der Waals surface area contributed by atoms with Gasteiger partial charge in [-0.05, 0) is 111 Å². The van der Waals surface area contributed by atoms with E-state index in [4.69, 9.17) is 22.9 Å². The van der Waals surface area contributed by atoms with Crippen molar-refractivity contribution in [1.82, 2.24) is 21.3 Å². The second-order valence-corrected chi connectivity index (χ2v) is 11.5. The molecule has 0 fully saturated rings. The molecule has 2 aromatic carbocycles. The van der Waals surface area contributed by atoms with Crippen LogP contribution in [0.15, 0.2) is 41.6 Å². The van der Waals surface area contributed by atoms with Gasteiger partial charge in [-0.25, -0.2) is 0 Å². The van der Waals surface area contributed by atoms with E-state index in [1.807, 2.05) is 0 Å². The number of nitroso groups, excluding NO2 is 1. The van der Waals surface area contributed by atoms with Crippen molar-refractivity contribution in [3.05, 3.63) is 52.4 Å². The van der Waals surface area contributed by atoms with Crippen molar-refractivity contribution in [3.63, 3.8) is 0 Å². The fourth-order valence-electron chi connectivity index (χ4n) is 4.63. The predicted molar refractivity (Wildman–Crippen MR) is 190 cm³/mol. The van der Waals surface area contributed by atoms with E-state index in [-0.39, 0.29) is 36.9 Å². The maximum Gasteiger partial charge on any atom is 0.243 e. The Bertz CT molecular complexity index is 1390. The number of benzene rings is 2. The van der Waals surface area contributed by atoms with Crippen molar-refractivity contribution in [2.75, 3.05) is 26.7 Å². The first-order chi connectivity index (χ1) is 23.3. The van der Waals surface area contributed by atoms with Crippen LogP contribution < -0.4 is 49.9 Å². The second-order valence-electron chi connectivity index (χ2n) is 11.5. The Morgan fingerprint density at radius 1 is 1.00 bits per heavy atom. The van der Waals surface area contributed by atoms with E-state index in [2.05, 4.69) is 39.1 Å². The lowest BCUT2D eigenvalue weighted by Crippen LogP contribution is -2.57. The van der Waals surface area contributed by atoms with E-state index in [1.165, 1.54) is 33.0 Å². The summed E-state index contributed by atoms with van der Waals surface area (Å²) in [5.41, 5.74) is 29.3. The number of phenolic OH excluding ortho intramolecular Hbond substituents is 1. The molecule has 5 unspecified atom stereocenters. The molecule has 1 heterocycles. The minimum Gasteiger partial charge on any atom is -0.508 e. The molecular formula is C33H54N10O6. The summed E-state index contributed by atoms with van der Waals surface area (Å²) in [6.45, 7) is 6.48. The fourth-order valence-corrected chi connectivity index (χ4v) is 4.63. The van der Waals surface area contributed by atoms with Crippen LogP contribution in [0.4, 0.5) is 5.69 Å². The molecule has 1 aliphatic heterocycles. The van der Waals surface area contributed by atoms with Gasteiger partial charge in [0.25, 0.3) is 0 Å². The van der Waals surface area contributed by atoms with Gasteiger partial charge in [-0.1, -0.05) is 19.1 Å². The Morgan fingerprint density at radius 3 is 2.20 bits per heavy atom. The Hall–Kier alpha value is -4.48. The van der Waals surface area contributed by atoms with Gasteiger partial charge in [0.1, 0.15) is 29.6 Å². The van der Waals surface area contributed by atoms with Crippen molar-refractivity contribution < 1.29 is 24.3 Å². The summed E-state index contributed by atoms with van der Waals surface area (Å²) in [5.74, 6) is -2.61. The Balaban J connectivity index is 0.00000186. The zero-order chi connectivity index (χ0) is 37.1. The number of carbonyl (C=O) groups is 4. The molecule has 4 bridgehead atoms. The van der Waals surface area contributed by atoms with Crippen LogP contribution in [0.25, 0.3) is 11.1 Å². The molecule has 4 amide bonds. The Labute approximate surface area is 287 Å². The lowest BCUT2D eigenvalue weighted by molar-refractivity contribution is -0.133. The van der Waals surface area contributed by atoms with E-state index < -0.39 is 47.8 Å². The fraction of sp³-hybridized carbons (Fsp3) is 0.515. The highest BCUT2D eigenvalue weighted by atomic mass is 16.3. The van der Waals surface area contributed by atoms with Crippen molar-refractivity contribution in [3.8, 4) is 16.9 Å². The maximum absolute atomic E-state index is 13.4. The number of aromatic hydroxyl groups is 1. The van der Waals surface area contributed by atoms with Gasteiger partial charge in [0.15, 0.2) is 0 Å². The van der Waals surface area contributed by atoms with Crippen molar-refractivity contribution >= 4 is 29.3 Å². The third kappa shape index (κ3) is 13.9. The third-order valence-electron chi connectivity index (χ3n) is 7.53. The van der Waals surface area contributed by atoms with Crippen LogP contribution in [0, 0.1) is 4.91 Å². The zero-order valence-electron chi connectivity index (χ0n) is 28.8. The number of rotatable bonds is 10. The number of nitrogens with two attached hydrogens (primary N) is 5. The summed E-state index contributed by atoms with van der Waals surface area (Å²) in [7, 11) is 1.50. The maximum atomic E-state index is 13.4. The van der Waals surface area contributed by atoms with E-state index >= 15 is 0 Å². The van der Waals surface area contributed by atoms with Crippen molar-refractivity contribution in [2.45, 2.75) is 83.1 Å². The lowest BCUT2D eigenvalue weighted by atomic mass is 9.95. The van der Waals surface area contributed by atoms with Gasteiger partial charge in [0.2, 0.25) is 23.6 Å². The van der Waals surface area contributed by atoms with Crippen LogP contribution in [0.2, 0.25) is 0 Å². The number of fused-ring (bicyclic) bond motifs is 5. The minimum atomic E-state index is -1.23. The molecule has 0 saturated carbocycles. The SMILES string of the molecule is CC1NC(=O)C(N)Cc2cc(ccc2N=O)-c2ccc(O)c(c2)CC(C(=O)NC(C)C(=O)NCC(N)CCCN)NC1=O.CCCN.CN. The highest BCUT2D eigenvalue weighted by molar-refractivity contribution is 5.95. The Morgan fingerprint density at radius 2 is 1.61 bits per heavy atom. The molecule has 5 atom stereocenters. The molecule has 0 radical (unpaired) electrons. The zero-order valence-corrected chi connectivity index (χ0v) is 28.8. The van der Waals surface area contributed by atoms with Gasteiger partial charge < -0.3 is 55.0 Å². The van der Waals surface area contributed by atoms with Gasteiger partial charge in [0, 0.05) is 19.0 Å². The van der Waals surface area contributed by atoms with Gasteiger partial charge in [-0.2, -0.15) is 0 Å². The van der Waals surface area contributed by atoms with E-state index in [0.29, 0.717) is 41.6 Å². The lowest BCUT2D eigenvalue weighted by Gasteiger charge is -2.24. The molecule has 49 heavy (non-hydrogen) atoms. The highest BCUT2D eigenvalue weighted by Crippen LogP contribution is 2.31. The summed E-state index contributed by atoms with van der Waals surface area (Å²) in [5, 5.41) is 24.1. The van der Waals surface area contributed by atoms with Crippen molar-refractivity contribution in [2.24, 2.45) is 33.8 Å². The molecule has 2 aromatic rings. The molecule has 0 aliphatic carbocycles. The van der Waals surface area contributed by atoms with Crippen LogP contribution in [0.3, 0.4) is 0 Å². The average molecular weight is 687 g/mol. The average Bonchev–Trinajstić information content (AvgIpc) is 3.10. The standard InChI is InChI=1S/C29H40N8O6.C3H9N.CH5N/c1-15(26(39)33-14-21(31)4-3-9-30)35-29(42)24-13-20-11-18(6-8-25(20)38)17-5-7-23(37-43)19(10-17)12-22(32)28(41)34-16(2)27(40)36-24;1-2-3-4;1-2/h5-8,10-11,15-16,21-22,24,38H,3-4,9,12-14,30-32H2,1-2H3,(H,33,39)(H,34,41)(H,35,42)(H,36,40);2-4H2,1H3;2H2,1H3. The van der Waals surface area contributed by atoms with E-state index in [0.717, 1.165) is 13.0 Å². The minimum absolute atomic E-state index is 0.0249. The molecule has 0 aromatic heterocycles. The molecule has 272 valence electrons. The largest absolute Gasteiger partial charge is 0.508 e. The topological polar surface area (TPSA) is 296 Å². The third-order valence-corrected chi connectivity index (χ3v) is 7.53. The van der Waals surface area contributed by atoms with Crippen LogP contribution in [0.1, 0.15) is 51.2 Å². The smallest absolute Gasteiger partial charge is 0.243 e. The molecule has 1 aliphatic rings. The van der Waals surface area contributed by atoms with Gasteiger partial charge in [0.05, 0.1) is 6.04 Å². The number of amides is 4. The van der Waals surface area contributed by atoms with E-state index in [1.54, 1.807) is 24.3 Å². The Kier molecular flexibility index (Phi) is 19.3.